The Labute approximate surface area is 125 Å². The number of halogens is 4. The second-order valence-corrected chi connectivity index (χ2v) is 7.11. The van der Waals surface area contributed by atoms with Crippen LogP contribution < -0.4 is 4.90 Å². The van der Waals surface area contributed by atoms with Gasteiger partial charge >= 0.3 is 5.51 Å². The van der Waals surface area contributed by atoms with Crippen LogP contribution in [-0.4, -0.2) is 38.7 Å². The lowest BCUT2D eigenvalue weighted by Crippen LogP contribution is -2.38. The zero-order chi connectivity index (χ0) is 16.5. The van der Waals surface area contributed by atoms with Crippen LogP contribution in [-0.2, 0) is 9.84 Å². The van der Waals surface area contributed by atoms with E-state index in [-0.39, 0.29) is 24.8 Å². The highest BCUT2D eigenvalue weighted by Gasteiger charge is 2.48. The van der Waals surface area contributed by atoms with Gasteiger partial charge in [0.05, 0.1) is 5.69 Å². The molecule has 1 aromatic rings. The quantitative estimate of drug-likeness (QED) is 0.858. The predicted molar refractivity (Wildman–Crippen MR) is 71.7 cm³/mol. The maximum atomic E-state index is 13.3. The lowest BCUT2D eigenvalue weighted by atomic mass is 9.98. The third kappa shape index (κ3) is 3.19. The summed E-state index contributed by atoms with van der Waals surface area (Å²) in [5, 5.41) is 9.17. The largest absolute Gasteiger partial charge is 0.501 e. The smallest absolute Gasteiger partial charge is 0.396 e. The van der Waals surface area contributed by atoms with Crippen molar-refractivity contribution in [2.24, 2.45) is 5.92 Å². The number of piperidine rings is 1. The first-order valence-electron chi connectivity index (χ1n) is 6.63. The number of anilines is 1. The minimum absolute atomic E-state index is 0.140. The molecule has 0 amide bonds. The Morgan fingerprint density at radius 1 is 1.32 bits per heavy atom. The molecule has 2 rings (SSSR count). The Hall–Kier alpha value is -1.35. The van der Waals surface area contributed by atoms with Gasteiger partial charge in [-0.15, -0.1) is 0 Å². The molecule has 1 aliphatic rings. The molecule has 1 aromatic carbocycles. The maximum Gasteiger partial charge on any atom is 0.501 e. The molecule has 0 saturated carbocycles. The first kappa shape index (κ1) is 17.0. The number of rotatable bonds is 3. The lowest BCUT2D eigenvalue weighted by Gasteiger charge is -2.34. The Bertz CT molecular complexity index is 645. The molecule has 22 heavy (non-hydrogen) atoms. The molecule has 1 saturated heterocycles. The first-order chi connectivity index (χ1) is 10.2. The van der Waals surface area contributed by atoms with E-state index in [1.165, 1.54) is 4.90 Å². The zero-order valence-electron chi connectivity index (χ0n) is 11.5. The number of nitrogens with zero attached hydrogens (tertiary/aromatic N) is 1. The summed E-state index contributed by atoms with van der Waals surface area (Å²) in [5.41, 5.74) is -5.68. The van der Waals surface area contributed by atoms with Gasteiger partial charge in [0, 0.05) is 19.7 Å². The molecule has 4 nitrogen and oxygen atoms in total. The Balaban J connectivity index is 2.49. The number of hydrogen-bond acceptors (Lipinski definition) is 4. The van der Waals surface area contributed by atoms with Crippen molar-refractivity contribution in [3.8, 4) is 0 Å². The molecule has 1 fully saturated rings. The van der Waals surface area contributed by atoms with Gasteiger partial charge in [-0.2, -0.15) is 13.2 Å². The molecule has 0 aliphatic carbocycles. The van der Waals surface area contributed by atoms with Crippen LogP contribution in [0.2, 0.25) is 0 Å². The van der Waals surface area contributed by atoms with Gasteiger partial charge in [-0.3, -0.25) is 0 Å². The van der Waals surface area contributed by atoms with Crippen LogP contribution in [0.5, 0.6) is 0 Å². The molecule has 0 bridgehead atoms. The van der Waals surface area contributed by atoms with Gasteiger partial charge in [0.1, 0.15) is 10.7 Å². The van der Waals surface area contributed by atoms with Crippen molar-refractivity contribution in [1.29, 1.82) is 0 Å². The van der Waals surface area contributed by atoms with Crippen LogP contribution in [0, 0.1) is 11.7 Å². The Morgan fingerprint density at radius 2 is 2.00 bits per heavy atom. The van der Waals surface area contributed by atoms with E-state index in [2.05, 4.69) is 0 Å². The highest BCUT2D eigenvalue weighted by Crippen LogP contribution is 2.37. The third-order valence-electron chi connectivity index (χ3n) is 3.63. The second kappa shape index (κ2) is 6.04. The summed E-state index contributed by atoms with van der Waals surface area (Å²) in [7, 11) is -5.65. The number of hydrogen-bond donors (Lipinski definition) is 1. The van der Waals surface area contributed by atoms with Crippen molar-refractivity contribution in [3.05, 3.63) is 24.0 Å². The lowest BCUT2D eigenvalue weighted by molar-refractivity contribution is -0.0435. The van der Waals surface area contributed by atoms with E-state index in [1.807, 2.05) is 0 Å². The van der Waals surface area contributed by atoms with Gasteiger partial charge in [-0.05, 0) is 37.0 Å². The minimum Gasteiger partial charge on any atom is -0.396 e. The van der Waals surface area contributed by atoms with Crippen molar-refractivity contribution in [1.82, 2.24) is 0 Å². The summed E-state index contributed by atoms with van der Waals surface area (Å²) < 4.78 is 74.9. The molecule has 1 N–H and O–H groups in total. The van der Waals surface area contributed by atoms with E-state index in [1.54, 1.807) is 0 Å². The maximum absolute atomic E-state index is 13.3. The fraction of sp³-hybridized carbons (Fsp3) is 0.538. The zero-order valence-corrected chi connectivity index (χ0v) is 12.3. The van der Waals surface area contributed by atoms with E-state index in [0.29, 0.717) is 25.5 Å². The molecule has 9 heteroatoms. The van der Waals surface area contributed by atoms with Gasteiger partial charge < -0.3 is 10.0 Å². The summed E-state index contributed by atoms with van der Waals surface area (Å²) in [6.45, 7) is 0.435. The normalized spacial score (nSPS) is 20.2. The van der Waals surface area contributed by atoms with Gasteiger partial charge in [-0.25, -0.2) is 12.8 Å². The fourth-order valence-electron chi connectivity index (χ4n) is 2.52. The SMILES string of the molecule is O=S(=O)(c1cc(F)ccc1N1CCC[C@H](CO)C1)C(F)(F)F. The molecule has 0 unspecified atom stereocenters. The summed E-state index contributed by atoms with van der Waals surface area (Å²) in [6, 6.07) is 2.35. The number of aliphatic hydroxyl groups excluding tert-OH is 1. The number of aliphatic hydroxyl groups is 1. The molecule has 0 spiro atoms. The second-order valence-electron chi connectivity index (χ2n) is 5.20. The van der Waals surface area contributed by atoms with Gasteiger partial charge in [-0.1, -0.05) is 0 Å². The average molecular weight is 341 g/mol. The third-order valence-corrected chi connectivity index (χ3v) is 5.15. The van der Waals surface area contributed by atoms with E-state index >= 15 is 0 Å². The molecule has 1 aliphatic heterocycles. The van der Waals surface area contributed by atoms with Crippen LogP contribution in [0.3, 0.4) is 0 Å². The molecule has 1 atom stereocenters. The molecule has 124 valence electrons. The topological polar surface area (TPSA) is 57.6 Å². The molecular weight excluding hydrogens is 326 g/mol. The van der Waals surface area contributed by atoms with Crippen molar-refractivity contribution in [2.75, 3.05) is 24.6 Å². The first-order valence-corrected chi connectivity index (χ1v) is 8.12. The van der Waals surface area contributed by atoms with Crippen molar-refractivity contribution in [3.63, 3.8) is 0 Å². The van der Waals surface area contributed by atoms with Crippen LogP contribution >= 0.6 is 0 Å². The van der Waals surface area contributed by atoms with Gasteiger partial charge in [0.25, 0.3) is 9.84 Å². The molecule has 0 radical (unpaired) electrons. The van der Waals surface area contributed by atoms with E-state index in [9.17, 15) is 31.1 Å². The van der Waals surface area contributed by atoms with Gasteiger partial charge in [0.15, 0.2) is 0 Å². The average Bonchev–Trinajstić information content (AvgIpc) is 2.46. The van der Waals surface area contributed by atoms with Crippen LogP contribution in [0.4, 0.5) is 23.2 Å². The van der Waals surface area contributed by atoms with E-state index in [4.69, 9.17) is 0 Å². The van der Waals surface area contributed by atoms with Crippen LogP contribution in [0.1, 0.15) is 12.8 Å². The Kier molecular flexibility index (Phi) is 4.67. The highest BCUT2D eigenvalue weighted by molar-refractivity contribution is 7.92. The van der Waals surface area contributed by atoms with Crippen LogP contribution in [0.15, 0.2) is 23.1 Å². The highest BCUT2D eigenvalue weighted by atomic mass is 32.2. The minimum atomic E-state index is -5.65. The van der Waals surface area contributed by atoms with Gasteiger partial charge in [0.2, 0.25) is 0 Å². The van der Waals surface area contributed by atoms with E-state index in [0.717, 1.165) is 12.1 Å². The van der Waals surface area contributed by atoms with Crippen LogP contribution in [0.25, 0.3) is 0 Å². The van der Waals surface area contributed by atoms with Crippen molar-refractivity contribution < 1.29 is 31.1 Å². The molecular formula is C13H15F4NO3S. The summed E-state index contributed by atoms with van der Waals surface area (Å²) in [4.78, 5) is 0.362. The number of alkyl halides is 3. The predicted octanol–water partition coefficient (Wildman–Crippen LogP) is 2.33. The molecule has 1 heterocycles. The summed E-state index contributed by atoms with van der Waals surface area (Å²) in [6.07, 6.45) is 1.31. The van der Waals surface area contributed by atoms with Crippen molar-refractivity contribution in [2.45, 2.75) is 23.2 Å². The Morgan fingerprint density at radius 3 is 2.59 bits per heavy atom. The van der Waals surface area contributed by atoms with Crippen molar-refractivity contribution >= 4 is 15.5 Å². The van der Waals surface area contributed by atoms with E-state index < -0.39 is 26.1 Å². The summed E-state index contributed by atoms with van der Waals surface area (Å²) >= 11 is 0. The molecule has 0 aromatic heterocycles. The number of sulfone groups is 1. The standard InChI is InChI=1S/C13H15F4NO3S/c14-10-3-4-11(18-5-1-2-9(7-18)8-19)12(6-10)22(20,21)13(15,16)17/h3-4,6,9,19H,1-2,5,7-8H2/t9-/m0/s1. The summed E-state index contributed by atoms with van der Waals surface area (Å²) in [5.74, 6) is -1.21. The fourth-order valence-corrected chi connectivity index (χ4v) is 3.51. The number of benzene rings is 1. The monoisotopic (exact) mass is 341 g/mol.